The van der Waals surface area contributed by atoms with Crippen molar-refractivity contribution in [3.05, 3.63) is 70.8 Å². The molecule has 0 N–H and O–H groups in total. The summed E-state index contributed by atoms with van der Waals surface area (Å²) >= 11 is 0. The van der Waals surface area contributed by atoms with Crippen LogP contribution >= 0.6 is 0 Å². The van der Waals surface area contributed by atoms with E-state index in [1.54, 1.807) is 6.04 Å². The molecule has 2 aromatic carbocycles. The van der Waals surface area contributed by atoms with Gasteiger partial charge >= 0.3 is 0 Å². The minimum Gasteiger partial charge on any atom is -0.204 e. The maximum Gasteiger partial charge on any atom is 0.160 e. The lowest BCUT2D eigenvalue weighted by Gasteiger charge is -2.28. The van der Waals surface area contributed by atoms with Crippen molar-refractivity contribution in [1.29, 1.82) is 0 Å². The van der Waals surface area contributed by atoms with Gasteiger partial charge < -0.3 is 0 Å². The molecular formula is C24H28F2Si. The maximum absolute atomic E-state index is 13.2. The molecule has 0 aliphatic carbocycles. The predicted octanol–water partition coefficient (Wildman–Crippen LogP) is 6.66. The van der Waals surface area contributed by atoms with E-state index in [0.29, 0.717) is 11.5 Å². The van der Waals surface area contributed by atoms with Crippen LogP contribution in [0.2, 0.25) is 18.1 Å². The van der Waals surface area contributed by atoms with Gasteiger partial charge in [0, 0.05) is 19.9 Å². The van der Waals surface area contributed by atoms with Gasteiger partial charge in [0.25, 0.3) is 0 Å². The highest BCUT2D eigenvalue weighted by molar-refractivity contribution is 6.59. The molecule has 142 valence electrons. The zero-order chi connectivity index (χ0) is 19.1. The van der Waals surface area contributed by atoms with Crippen LogP contribution in [0.4, 0.5) is 8.78 Å². The number of benzene rings is 2. The van der Waals surface area contributed by atoms with Crippen LogP contribution < -0.4 is 0 Å². The summed E-state index contributed by atoms with van der Waals surface area (Å²) in [6.07, 6.45) is 6.88. The fourth-order valence-corrected chi connectivity index (χ4v) is 7.50. The Morgan fingerprint density at radius 2 is 1.56 bits per heavy atom. The number of halogens is 2. The molecule has 0 spiro atoms. The van der Waals surface area contributed by atoms with Gasteiger partial charge in [-0.15, -0.1) is 0 Å². The molecule has 0 radical (unpaired) electrons. The second-order valence-corrected chi connectivity index (χ2v) is 11.2. The fraction of sp³-hybridized carbons (Fsp3) is 0.417. The van der Waals surface area contributed by atoms with Crippen LogP contribution in [0, 0.1) is 23.5 Å². The van der Waals surface area contributed by atoms with Gasteiger partial charge in [-0.3, -0.25) is 0 Å². The van der Waals surface area contributed by atoms with E-state index in [1.165, 1.54) is 55.8 Å². The highest BCUT2D eigenvalue weighted by Gasteiger charge is 2.22. The molecule has 27 heavy (non-hydrogen) atoms. The minimum atomic E-state index is -0.856. The molecule has 0 bridgehead atoms. The molecule has 2 aromatic rings. The molecule has 3 rings (SSSR count). The van der Waals surface area contributed by atoms with Crippen molar-refractivity contribution in [3.8, 4) is 11.8 Å². The van der Waals surface area contributed by atoms with E-state index in [1.807, 2.05) is 12.1 Å². The topological polar surface area (TPSA) is 0 Å². The minimum absolute atomic E-state index is 0.463. The van der Waals surface area contributed by atoms with E-state index in [4.69, 9.17) is 0 Å². The third-order valence-corrected chi connectivity index (χ3v) is 9.24. The summed E-state index contributed by atoms with van der Waals surface area (Å²) in [7, 11) is -0.463. The monoisotopic (exact) mass is 382 g/mol. The summed E-state index contributed by atoms with van der Waals surface area (Å²) in [6.45, 7) is 2.28. The second-order valence-electron chi connectivity index (χ2n) is 7.71. The van der Waals surface area contributed by atoms with E-state index in [2.05, 4.69) is 30.9 Å². The predicted molar refractivity (Wildman–Crippen MR) is 112 cm³/mol. The van der Waals surface area contributed by atoms with Crippen molar-refractivity contribution >= 4 is 8.80 Å². The zero-order valence-electron chi connectivity index (χ0n) is 16.1. The first-order chi connectivity index (χ1) is 13.2. The molecule has 0 unspecified atom stereocenters. The molecule has 0 nitrogen and oxygen atoms in total. The molecule has 1 aliphatic heterocycles. The smallest absolute Gasteiger partial charge is 0.160 e. The highest BCUT2D eigenvalue weighted by atomic mass is 28.3. The van der Waals surface area contributed by atoms with Crippen molar-refractivity contribution in [2.45, 2.75) is 63.1 Å². The van der Waals surface area contributed by atoms with Crippen molar-refractivity contribution in [2.75, 3.05) is 0 Å². The number of unbranched alkanes of at least 4 members (excludes halogenated alkanes) is 2. The Hall–Kier alpha value is -1.92. The summed E-state index contributed by atoms with van der Waals surface area (Å²) in [5.41, 5.74) is 2.82. The Kier molecular flexibility index (Phi) is 7.23. The molecule has 1 fully saturated rings. The largest absolute Gasteiger partial charge is 0.204 e. The van der Waals surface area contributed by atoms with Gasteiger partial charge in [0.05, 0.1) is 0 Å². The molecule has 0 saturated carbocycles. The molecule has 1 saturated heterocycles. The first-order valence-corrected chi connectivity index (χ1v) is 12.7. The Labute approximate surface area is 163 Å². The normalized spacial score (nSPS) is 19.4. The van der Waals surface area contributed by atoms with E-state index in [0.717, 1.165) is 17.7 Å². The van der Waals surface area contributed by atoms with Crippen LogP contribution in [0.1, 0.15) is 61.6 Å². The summed E-state index contributed by atoms with van der Waals surface area (Å²) in [6, 6.07) is 16.8. The van der Waals surface area contributed by atoms with E-state index < -0.39 is 20.4 Å². The quantitative estimate of drug-likeness (QED) is 0.308. The molecule has 1 aliphatic rings. The van der Waals surface area contributed by atoms with Gasteiger partial charge in [0.2, 0.25) is 0 Å². The van der Waals surface area contributed by atoms with E-state index in [-0.39, 0.29) is 0 Å². The lowest BCUT2D eigenvalue weighted by Crippen LogP contribution is -2.20. The Morgan fingerprint density at radius 1 is 0.889 bits per heavy atom. The van der Waals surface area contributed by atoms with Crippen molar-refractivity contribution in [2.24, 2.45) is 0 Å². The van der Waals surface area contributed by atoms with Crippen molar-refractivity contribution < 1.29 is 8.78 Å². The Morgan fingerprint density at radius 3 is 2.22 bits per heavy atom. The third-order valence-electron chi connectivity index (χ3n) is 5.72. The summed E-state index contributed by atoms with van der Waals surface area (Å²) in [4.78, 5) is 0. The van der Waals surface area contributed by atoms with Crippen LogP contribution in [-0.2, 0) is 0 Å². The molecule has 0 atom stereocenters. The van der Waals surface area contributed by atoms with Crippen molar-refractivity contribution in [1.82, 2.24) is 0 Å². The van der Waals surface area contributed by atoms with Gasteiger partial charge in [0.15, 0.2) is 11.6 Å². The van der Waals surface area contributed by atoms with Crippen molar-refractivity contribution in [3.63, 3.8) is 0 Å². The van der Waals surface area contributed by atoms with Gasteiger partial charge in [-0.2, -0.15) is 0 Å². The molecule has 0 aromatic heterocycles. The third kappa shape index (κ3) is 5.78. The molecule has 0 amide bonds. The summed E-state index contributed by atoms with van der Waals surface area (Å²) in [5.74, 6) is 4.95. The van der Waals surface area contributed by atoms with E-state index in [9.17, 15) is 8.78 Å². The van der Waals surface area contributed by atoms with Gasteiger partial charge in [0.1, 0.15) is 0 Å². The van der Waals surface area contributed by atoms with Crippen LogP contribution in [0.15, 0.2) is 42.5 Å². The lowest BCUT2D eigenvalue weighted by molar-refractivity contribution is 0.508. The van der Waals surface area contributed by atoms with Crippen LogP contribution in [0.5, 0.6) is 0 Å². The standard InChI is InChI=1S/C24H28F2Si/c1-2-3-4-15-27-16-13-22(14-17-27)21-10-7-19(8-11-21)5-6-20-9-12-23(25)24(26)18-20/h7-12,18,22,27H,2-4,13-17H2,1H3. The summed E-state index contributed by atoms with van der Waals surface area (Å²) in [5, 5.41) is 0. The van der Waals surface area contributed by atoms with Gasteiger partial charge in [-0.25, -0.2) is 8.78 Å². The summed E-state index contributed by atoms with van der Waals surface area (Å²) < 4.78 is 26.2. The number of hydrogen-bond donors (Lipinski definition) is 0. The van der Waals surface area contributed by atoms with Gasteiger partial charge in [-0.05, 0) is 54.7 Å². The fourth-order valence-electron chi connectivity index (χ4n) is 4.02. The van der Waals surface area contributed by atoms with Crippen LogP contribution in [0.3, 0.4) is 0 Å². The highest BCUT2D eigenvalue weighted by Crippen LogP contribution is 2.35. The molecule has 3 heteroatoms. The second kappa shape index (κ2) is 9.85. The van der Waals surface area contributed by atoms with Gasteiger partial charge in [-0.1, -0.05) is 68.3 Å². The Bertz CT molecular complexity index is 793. The average Bonchev–Trinajstić information content (AvgIpc) is 2.70. The number of rotatable bonds is 5. The molecule has 1 heterocycles. The number of hydrogen-bond acceptors (Lipinski definition) is 0. The lowest BCUT2D eigenvalue weighted by atomic mass is 9.93. The molecular weight excluding hydrogens is 354 g/mol. The SMILES string of the molecule is CCCCC[SiH]1CCC(c2ccc(C#Cc3ccc(F)c(F)c3)cc2)CC1. The first-order valence-electron chi connectivity index (χ1n) is 10.2. The zero-order valence-corrected chi connectivity index (χ0v) is 17.3. The van der Waals surface area contributed by atoms with E-state index >= 15 is 0 Å². The average molecular weight is 383 g/mol. The maximum atomic E-state index is 13.2. The Balaban J connectivity index is 1.55. The first kappa shape index (κ1) is 19.8. The van der Waals surface area contributed by atoms with Crippen LogP contribution in [0.25, 0.3) is 0 Å². The van der Waals surface area contributed by atoms with Crippen LogP contribution in [-0.4, -0.2) is 8.80 Å².